The molecule has 1 aliphatic carbocycles. The number of carbonyl (C=O) groups is 2. The normalized spacial score (nSPS) is 14.6. The first-order valence-corrected chi connectivity index (χ1v) is 9.83. The smallest absolute Gasteiger partial charge is 0.253 e. The molecule has 1 saturated carbocycles. The Hall–Kier alpha value is -2.37. The number of nitrogens with zero attached hydrogens (tertiary/aromatic N) is 2. The first-order valence-electron chi connectivity index (χ1n) is 9.45. The SMILES string of the molecule is CN(C(=O)C1CC1)c1ccccc1C(=O)NCC(c1ccccc1Cl)N(C)C. The molecule has 1 fully saturated rings. The Morgan fingerprint density at radius 1 is 1.07 bits per heavy atom. The lowest BCUT2D eigenvalue weighted by Crippen LogP contribution is -2.36. The molecule has 6 heteroatoms. The van der Waals surface area contributed by atoms with E-state index < -0.39 is 0 Å². The van der Waals surface area contributed by atoms with Gasteiger partial charge in [0.05, 0.1) is 17.3 Å². The molecule has 3 rings (SSSR count). The molecule has 28 heavy (non-hydrogen) atoms. The number of hydrogen-bond acceptors (Lipinski definition) is 3. The van der Waals surface area contributed by atoms with E-state index in [1.165, 1.54) is 0 Å². The van der Waals surface area contributed by atoms with Gasteiger partial charge in [-0.05, 0) is 50.7 Å². The third-order valence-electron chi connectivity index (χ3n) is 5.11. The standard InChI is InChI=1S/C22H26ClN3O2/c1-25(2)20(16-8-4-6-10-18(16)23)14-24-21(27)17-9-5-7-11-19(17)26(3)22(28)15-12-13-15/h4-11,15,20H,12-14H2,1-3H3,(H,24,27). The van der Waals surface area contributed by atoms with Crippen LogP contribution in [0, 0.1) is 5.92 Å². The van der Waals surface area contributed by atoms with Gasteiger partial charge in [-0.2, -0.15) is 0 Å². The van der Waals surface area contributed by atoms with Crippen molar-refractivity contribution in [2.75, 3.05) is 32.6 Å². The highest BCUT2D eigenvalue weighted by Gasteiger charge is 2.33. The number of nitrogens with one attached hydrogen (secondary N) is 1. The maximum atomic E-state index is 12.9. The van der Waals surface area contributed by atoms with E-state index in [0.29, 0.717) is 22.8 Å². The molecule has 1 aliphatic rings. The topological polar surface area (TPSA) is 52.7 Å². The van der Waals surface area contributed by atoms with Gasteiger partial charge in [-0.15, -0.1) is 0 Å². The summed E-state index contributed by atoms with van der Waals surface area (Å²) in [4.78, 5) is 29.0. The minimum absolute atomic E-state index is 0.0596. The molecule has 0 spiro atoms. The van der Waals surface area contributed by atoms with Crippen molar-refractivity contribution in [2.24, 2.45) is 5.92 Å². The van der Waals surface area contributed by atoms with E-state index in [0.717, 1.165) is 18.4 Å². The van der Waals surface area contributed by atoms with Crippen LogP contribution in [0.1, 0.15) is 34.8 Å². The molecule has 1 atom stereocenters. The second-order valence-corrected chi connectivity index (χ2v) is 7.81. The average Bonchev–Trinajstić information content (AvgIpc) is 3.53. The summed E-state index contributed by atoms with van der Waals surface area (Å²) in [5.74, 6) is -0.0353. The number of hydrogen-bond donors (Lipinski definition) is 1. The fourth-order valence-electron chi connectivity index (χ4n) is 3.28. The largest absolute Gasteiger partial charge is 0.350 e. The predicted molar refractivity (Wildman–Crippen MR) is 113 cm³/mol. The fraction of sp³-hybridized carbons (Fsp3) is 0.364. The Bertz CT molecular complexity index is 864. The van der Waals surface area contributed by atoms with E-state index in [1.807, 2.05) is 61.5 Å². The second kappa shape index (κ2) is 8.76. The molecule has 1 N–H and O–H groups in total. The minimum Gasteiger partial charge on any atom is -0.350 e. The lowest BCUT2D eigenvalue weighted by Gasteiger charge is -2.26. The van der Waals surface area contributed by atoms with Crippen molar-refractivity contribution in [3.05, 3.63) is 64.7 Å². The highest BCUT2D eigenvalue weighted by molar-refractivity contribution is 6.31. The third-order valence-corrected chi connectivity index (χ3v) is 5.45. The first kappa shape index (κ1) is 20.4. The van der Waals surface area contributed by atoms with Gasteiger partial charge in [0.15, 0.2) is 0 Å². The van der Waals surface area contributed by atoms with Gasteiger partial charge in [-0.1, -0.05) is 41.9 Å². The van der Waals surface area contributed by atoms with Crippen LogP contribution in [0.25, 0.3) is 0 Å². The number of halogens is 1. The summed E-state index contributed by atoms with van der Waals surface area (Å²) in [6.45, 7) is 0.407. The van der Waals surface area contributed by atoms with Crippen molar-refractivity contribution in [1.82, 2.24) is 10.2 Å². The minimum atomic E-state index is -0.204. The zero-order valence-electron chi connectivity index (χ0n) is 16.5. The summed E-state index contributed by atoms with van der Waals surface area (Å²) in [6, 6.07) is 14.8. The lowest BCUT2D eigenvalue weighted by atomic mass is 10.1. The van der Waals surface area contributed by atoms with Crippen LogP contribution >= 0.6 is 11.6 Å². The zero-order chi connectivity index (χ0) is 20.3. The van der Waals surface area contributed by atoms with E-state index in [9.17, 15) is 9.59 Å². The van der Waals surface area contributed by atoms with Crippen LogP contribution < -0.4 is 10.2 Å². The molecular formula is C22H26ClN3O2. The zero-order valence-corrected chi connectivity index (χ0v) is 17.2. The average molecular weight is 400 g/mol. The fourth-order valence-corrected chi connectivity index (χ4v) is 3.54. The number of para-hydroxylation sites is 1. The molecule has 0 bridgehead atoms. The summed E-state index contributed by atoms with van der Waals surface area (Å²) in [5, 5.41) is 3.68. The second-order valence-electron chi connectivity index (χ2n) is 7.40. The van der Waals surface area contributed by atoms with Crippen molar-refractivity contribution in [2.45, 2.75) is 18.9 Å². The Kier molecular flexibility index (Phi) is 6.37. The molecule has 0 aromatic heterocycles. The maximum absolute atomic E-state index is 12.9. The molecule has 2 amide bonds. The van der Waals surface area contributed by atoms with Crippen LogP contribution in [0.15, 0.2) is 48.5 Å². The molecule has 0 radical (unpaired) electrons. The van der Waals surface area contributed by atoms with E-state index in [4.69, 9.17) is 11.6 Å². The van der Waals surface area contributed by atoms with Gasteiger partial charge < -0.3 is 15.1 Å². The Morgan fingerprint density at radius 2 is 1.71 bits per heavy atom. The van der Waals surface area contributed by atoms with Crippen molar-refractivity contribution in [3.63, 3.8) is 0 Å². The number of carbonyl (C=O) groups excluding carboxylic acids is 2. The summed E-state index contributed by atoms with van der Waals surface area (Å²) >= 11 is 6.35. The van der Waals surface area contributed by atoms with E-state index in [2.05, 4.69) is 5.32 Å². The van der Waals surface area contributed by atoms with Crippen molar-refractivity contribution >= 4 is 29.1 Å². The lowest BCUT2D eigenvalue weighted by molar-refractivity contribution is -0.119. The maximum Gasteiger partial charge on any atom is 0.253 e. The van der Waals surface area contributed by atoms with E-state index >= 15 is 0 Å². The summed E-state index contributed by atoms with van der Waals surface area (Å²) in [7, 11) is 5.64. The molecular weight excluding hydrogens is 374 g/mol. The number of benzene rings is 2. The van der Waals surface area contributed by atoms with Gasteiger partial charge in [-0.25, -0.2) is 0 Å². The number of likely N-dealkylation sites (N-methyl/N-ethyl adjacent to an activating group) is 1. The summed E-state index contributed by atoms with van der Waals surface area (Å²) < 4.78 is 0. The van der Waals surface area contributed by atoms with Crippen LogP contribution in [0.2, 0.25) is 5.02 Å². The van der Waals surface area contributed by atoms with Gasteiger partial charge in [0, 0.05) is 24.5 Å². The van der Waals surface area contributed by atoms with Crippen LogP contribution in [0.5, 0.6) is 0 Å². The van der Waals surface area contributed by atoms with Gasteiger partial charge in [0.25, 0.3) is 5.91 Å². The van der Waals surface area contributed by atoms with Gasteiger partial charge in [-0.3, -0.25) is 9.59 Å². The van der Waals surface area contributed by atoms with Crippen molar-refractivity contribution in [1.29, 1.82) is 0 Å². The molecule has 1 unspecified atom stereocenters. The van der Waals surface area contributed by atoms with E-state index in [1.54, 1.807) is 18.0 Å². The summed E-state index contributed by atoms with van der Waals surface area (Å²) in [5.41, 5.74) is 2.09. The Labute approximate surface area is 171 Å². The van der Waals surface area contributed by atoms with Gasteiger partial charge in [0.1, 0.15) is 0 Å². The van der Waals surface area contributed by atoms with Crippen LogP contribution in [-0.2, 0) is 4.79 Å². The van der Waals surface area contributed by atoms with Gasteiger partial charge in [0.2, 0.25) is 5.91 Å². The third kappa shape index (κ3) is 4.54. The monoisotopic (exact) mass is 399 g/mol. The van der Waals surface area contributed by atoms with Gasteiger partial charge >= 0.3 is 0 Å². The highest BCUT2D eigenvalue weighted by Crippen LogP contribution is 2.33. The first-order chi connectivity index (χ1) is 13.4. The molecule has 2 aromatic rings. The molecule has 2 aromatic carbocycles. The quantitative estimate of drug-likeness (QED) is 0.771. The number of amides is 2. The Balaban J connectivity index is 1.76. The van der Waals surface area contributed by atoms with Crippen molar-refractivity contribution < 1.29 is 9.59 Å². The van der Waals surface area contributed by atoms with Crippen LogP contribution in [0.3, 0.4) is 0 Å². The Morgan fingerprint density at radius 3 is 2.36 bits per heavy atom. The molecule has 5 nitrogen and oxygen atoms in total. The van der Waals surface area contributed by atoms with E-state index in [-0.39, 0.29) is 23.8 Å². The molecule has 0 aliphatic heterocycles. The molecule has 148 valence electrons. The molecule has 0 heterocycles. The predicted octanol–water partition coefficient (Wildman–Crippen LogP) is 3.75. The number of rotatable bonds is 7. The van der Waals surface area contributed by atoms with Crippen molar-refractivity contribution in [3.8, 4) is 0 Å². The number of anilines is 1. The highest BCUT2D eigenvalue weighted by atomic mass is 35.5. The molecule has 0 saturated heterocycles. The summed E-state index contributed by atoms with van der Waals surface area (Å²) in [6.07, 6.45) is 1.86. The van der Waals surface area contributed by atoms with Crippen LogP contribution in [-0.4, -0.2) is 44.4 Å². The van der Waals surface area contributed by atoms with Crippen LogP contribution in [0.4, 0.5) is 5.69 Å².